The van der Waals surface area contributed by atoms with E-state index in [9.17, 15) is 13.2 Å². The molecule has 0 N–H and O–H groups in total. The lowest BCUT2D eigenvalue weighted by molar-refractivity contribution is -0.656. The summed E-state index contributed by atoms with van der Waals surface area (Å²) >= 11 is 10.3. The highest BCUT2D eigenvalue weighted by molar-refractivity contribution is 8.03. The fourth-order valence-corrected chi connectivity index (χ4v) is 7.41. The van der Waals surface area contributed by atoms with Crippen LogP contribution >= 0.6 is 34.7 Å². The molecule has 0 saturated carbocycles. The molecule has 5 aromatic rings. The Morgan fingerprint density at radius 3 is 2.08 bits per heavy atom. The van der Waals surface area contributed by atoms with E-state index in [4.69, 9.17) is 24.6 Å². The van der Waals surface area contributed by atoms with E-state index >= 15 is 0 Å². The van der Waals surface area contributed by atoms with Crippen LogP contribution < -0.4 is 9.47 Å². The van der Waals surface area contributed by atoms with E-state index in [1.807, 2.05) is 38.1 Å². The molecule has 6 rings (SSSR count). The predicted octanol–water partition coefficient (Wildman–Crippen LogP) is 10.2. The largest absolute Gasteiger partial charge is 0.741 e. The highest BCUT2D eigenvalue weighted by atomic mass is 35.5. The van der Waals surface area contributed by atoms with E-state index in [1.165, 1.54) is 43.1 Å². The maximum Gasteiger partial charge on any atom is 0.485 e. The second-order valence-corrected chi connectivity index (χ2v) is 14.9. The van der Waals surface area contributed by atoms with Gasteiger partial charge < -0.3 is 9.45 Å². The molecule has 2 heterocycles. The lowest BCUT2D eigenvalue weighted by Crippen LogP contribution is -2.34. The number of hydrogen-bond donors (Lipinski definition) is 0. The first-order valence-corrected chi connectivity index (χ1v) is 19.0. The Morgan fingerprint density at radius 1 is 0.885 bits per heavy atom. The molecular weight excluding hydrogens is 745 g/mol. The van der Waals surface area contributed by atoms with Crippen LogP contribution in [0.1, 0.15) is 18.9 Å². The smallest absolute Gasteiger partial charge is 0.485 e. The molecule has 0 atom stereocenters. The van der Waals surface area contributed by atoms with Crippen LogP contribution in [0.4, 0.5) is 18.9 Å². The first kappa shape index (κ1) is 38.5. The van der Waals surface area contributed by atoms with Gasteiger partial charge in [0.05, 0.1) is 17.3 Å². The van der Waals surface area contributed by atoms with Crippen LogP contribution in [0.3, 0.4) is 0 Å². The number of alkyl halides is 3. The van der Waals surface area contributed by atoms with Crippen molar-refractivity contribution in [1.82, 2.24) is 0 Å². The summed E-state index contributed by atoms with van der Waals surface area (Å²) in [5.74, 6) is 12.5. The third-order valence-corrected chi connectivity index (χ3v) is 10.6. The fraction of sp³-hybridized carbons (Fsp3) is 0.125. The van der Waals surface area contributed by atoms with Crippen LogP contribution in [-0.4, -0.2) is 25.0 Å². The summed E-state index contributed by atoms with van der Waals surface area (Å²) in [6, 6.07) is 34.2. The first-order valence-electron chi connectivity index (χ1n) is 15.6. The molecule has 264 valence electrons. The molecule has 0 radical (unpaired) electrons. The molecule has 0 spiro atoms. The van der Waals surface area contributed by atoms with Gasteiger partial charge in [0.25, 0.3) is 5.01 Å². The Hall–Kier alpha value is -4.75. The normalized spacial score (nSPS) is 13.6. The minimum atomic E-state index is -6.09. The molecule has 0 bridgehead atoms. The number of fused-ring (bicyclic) bond motifs is 2. The Balaban J connectivity index is 0.000000587. The number of nitrogens with zero attached hydrogens (tertiary/aromatic N) is 2. The quantitative estimate of drug-likeness (QED) is 0.0542. The van der Waals surface area contributed by atoms with Gasteiger partial charge in [0, 0.05) is 22.1 Å². The van der Waals surface area contributed by atoms with E-state index < -0.39 is 15.6 Å². The average molecular weight is 775 g/mol. The third-order valence-electron chi connectivity index (χ3n) is 7.56. The SMILES string of the molecule is CC#CCN1C(=CC=C(Cl)C=Cc2sc3cc(-c4ccccc4)ccc3[n+]2CC#CC)Sc2cc(-c3ccccc3)ccc21.O=S(=O)([O-])C(F)(F)F. The first-order chi connectivity index (χ1) is 24.9. The van der Waals surface area contributed by atoms with E-state index in [1.54, 1.807) is 23.1 Å². The van der Waals surface area contributed by atoms with Crippen molar-refractivity contribution in [2.45, 2.75) is 30.8 Å². The highest BCUT2D eigenvalue weighted by Gasteiger charge is 2.37. The number of thiazole rings is 1. The van der Waals surface area contributed by atoms with Crippen molar-refractivity contribution in [1.29, 1.82) is 0 Å². The van der Waals surface area contributed by atoms with Crippen molar-refractivity contribution >= 4 is 66.8 Å². The second kappa shape index (κ2) is 17.2. The Bertz CT molecular complexity index is 2400. The summed E-state index contributed by atoms with van der Waals surface area (Å²) in [7, 11) is -6.09. The molecular formula is C40H30ClF3N2O3S3. The van der Waals surface area contributed by atoms with Gasteiger partial charge in [0.2, 0.25) is 12.1 Å². The molecule has 0 saturated heterocycles. The molecule has 5 nitrogen and oxygen atoms in total. The number of aromatic nitrogens is 1. The van der Waals surface area contributed by atoms with Crippen molar-refractivity contribution in [3.8, 4) is 45.9 Å². The van der Waals surface area contributed by atoms with Gasteiger partial charge in [0.15, 0.2) is 10.1 Å². The zero-order valence-electron chi connectivity index (χ0n) is 27.8. The van der Waals surface area contributed by atoms with Crippen molar-refractivity contribution in [2.75, 3.05) is 11.4 Å². The van der Waals surface area contributed by atoms with Gasteiger partial charge >= 0.3 is 5.51 Å². The van der Waals surface area contributed by atoms with E-state index in [-0.39, 0.29) is 0 Å². The number of rotatable bonds is 7. The van der Waals surface area contributed by atoms with Crippen LogP contribution in [0.15, 0.2) is 130 Å². The molecule has 1 aliphatic heterocycles. The molecule has 12 heteroatoms. The fourth-order valence-electron chi connectivity index (χ4n) is 5.08. The second-order valence-electron chi connectivity index (χ2n) is 11.0. The van der Waals surface area contributed by atoms with Gasteiger partial charge in [-0.15, -0.1) is 11.8 Å². The summed E-state index contributed by atoms with van der Waals surface area (Å²) in [6.45, 7) is 5.00. The van der Waals surface area contributed by atoms with Gasteiger partial charge in [-0.1, -0.05) is 107 Å². The van der Waals surface area contributed by atoms with Crippen molar-refractivity contribution in [2.24, 2.45) is 0 Å². The van der Waals surface area contributed by atoms with E-state index in [2.05, 4.69) is 130 Å². The molecule has 1 aromatic heterocycles. The zero-order valence-corrected chi connectivity index (χ0v) is 31.0. The topological polar surface area (TPSA) is 64.3 Å². The number of thioether (sulfide) groups is 1. The summed E-state index contributed by atoms with van der Waals surface area (Å²) < 4.78 is 62.4. The molecule has 1 aliphatic rings. The maximum atomic E-state index is 10.7. The molecule has 0 amide bonds. The monoisotopic (exact) mass is 774 g/mol. The van der Waals surface area contributed by atoms with Crippen molar-refractivity contribution < 1.29 is 30.7 Å². The standard InChI is InChI=1S/C39H30ClN2S2.CHF3O3S/c1-3-5-25-41-34-21-17-31(29-13-9-7-10-14-29)27-36(34)43-38(41)23-19-33(40)20-24-39-42(26-6-4-2)35-22-18-32(28-37(35)44-39)30-15-11-8-12-16-30;2-1(3,4)8(5,6)7/h7-24,27-28H,25-26H2,1-2H3;(H,5,6,7)/q+1;/p-1. The predicted molar refractivity (Wildman–Crippen MR) is 206 cm³/mol. The minimum absolute atomic E-state index is 0.625. The minimum Gasteiger partial charge on any atom is -0.741 e. The lowest BCUT2D eigenvalue weighted by Gasteiger charge is -2.17. The number of benzene rings is 4. The third kappa shape index (κ3) is 9.56. The van der Waals surface area contributed by atoms with Gasteiger partial charge in [0.1, 0.15) is 4.70 Å². The van der Waals surface area contributed by atoms with Crippen LogP contribution in [0, 0.1) is 23.7 Å². The van der Waals surface area contributed by atoms with Crippen LogP contribution in [0.25, 0.3) is 38.5 Å². The molecule has 4 aromatic carbocycles. The van der Waals surface area contributed by atoms with E-state index in [0.717, 1.165) is 10.0 Å². The van der Waals surface area contributed by atoms with Crippen LogP contribution in [0.2, 0.25) is 0 Å². The number of anilines is 1. The molecule has 0 fully saturated rings. The summed E-state index contributed by atoms with van der Waals surface area (Å²) in [4.78, 5) is 3.47. The van der Waals surface area contributed by atoms with Crippen LogP contribution in [-0.2, 0) is 16.7 Å². The highest BCUT2D eigenvalue weighted by Crippen LogP contribution is 2.47. The molecule has 0 unspecified atom stereocenters. The number of allylic oxidation sites excluding steroid dienone is 4. The Kier molecular flexibility index (Phi) is 12.7. The lowest BCUT2D eigenvalue weighted by atomic mass is 10.1. The molecule has 0 aliphatic carbocycles. The molecule has 52 heavy (non-hydrogen) atoms. The summed E-state index contributed by atoms with van der Waals surface area (Å²) in [6.07, 6.45) is 8.11. The average Bonchev–Trinajstić information content (AvgIpc) is 3.67. The number of halogens is 4. The summed E-state index contributed by atoms with van der Waals surface area (Å²) in [5.41, 5.74) is 1.52. The summed E-state index contributed by atoms with van der Waals surface area (Å²) in [5, 5.41) is 2.85. The maximum absolute atomic E-state index is 10.7. The van der Waals surface area contributed by atoms with Crippen molar-refractivity contribution in [3.05, 3.63) is 130 Å². The zero-order chi connectivity index (χ0) is 37.3. The Labute approximate surface area is 314 Å². The van der Waals surface area contributed by atoms with Crippen molar-refractivity contribution in [3.63, 3.8) is 0 Å². The van der Waals surface area contributed by atoms with Gasteiger partial charge in [-0.2, -0.15) is 17.7 Å². The number of hydrogen-bond acceptors (Lipinski definition) is 6. The van der Waals surface area contributed by atoms with Gasteiger partial charge in [-0.3, -0.25) is 0 Å². The Morgan fingerprint density at radius 2 is 1.48 bits per heavy atom. The van der Waals surface area contributed by atoms with Gasteiger partial charge in [-0.05, 0) is 84.5 Å². The van der Waals surface area contributed by atoms with Crippen LogP contribution in [0.5, 0.6) is 0 Å². The van der Waals surface area contributed by atoms with Gasteiger partial charge in [-0.25, -0.2) is 8.42 Å². The van der Waals surface area contributed by atoms with E-state index in [0.29, 0.717) is 18.1 Å².